The van der Waals surface area contributed by atoms with Crippen LogP contribution in [0.15, 0.2) is 48.5 Å². The van der Waals surface area contributed by atoms with E-state index >= 15 is 0 Å². The van der Waals surface area contributed by atoms with Crippen LogP contribution < -0.4 is 15.4 Å². The van der Waals surface area contributed by atoms with E-state index in [4.69, 9.17) is 4.74 Å². The van der Waals surface area contributed by atoms with E-state index in [1.165, 1.54) is 5.56 Å². The van der Waals surface area contributed by atoms with Gasteiger partial charge in [0.05, 0.1) is 18.8 Å². The summed E-state index contributed by atoms with van der Waals surface area (Å²) in [5.41, 5.74) is 2.97. The molecule has 2 rings (SSSR count). The molecule has 0 unspecified atom stereocenters. The van der Waals surface area contributed by atoms with Gasteiger partial charge in [0.15, 0.2) is 0 Å². The van der Waals surface area contributed by atoms with E-state index in [2.05, 4.69) is 30.5 Å². The van der Waals surface area contributed by atoms with Crippen molar-refractivity contribution in [2.45, 2.75) is 26.3 Å². The number of hydrogen-bond donors (Lipinski definition) is 2. The van der Waals surface area contributed by atoms with E-state index < -0.39 is 0 Å². The van der Waals surface area contributed by atoms with Gasteiger partial charge in [-0.3, -0.25) is 0 Å². The number of methoxy groups -OCH3 is 1. The molecule has 0 aromatic heterocycles. The van der Waals surface area contributed by atoms with E-state index in [1.807, 2.05) is 42.5 Å². The number of nitrogens with one attached hydrogen (secondary N) is 2. The Morgan fingerprint density at radius 3 is 2.50 bits per heavy atom. The van der Waals surface area contributed by atoms with Crippen molar-refractivity contribution in [3.63, 3.8) is 0 Å². The molecule has 2 N–H and O–H groups in total. The predicted octanol–water partition coefficient (Wildman–Crippen LogP) is 4.28. The molecular formula is C18H22N2O2. The summed E-state index contributed by atoms with van der Waals surface area (Å²) >= 11 is 0. The Bertz CT molecular complexity index is 640. The number of ether oxygens (including phenoxy) is 1. The molecule has 0 aliphatic heterocycles. The highest BCUT2D eigenvalue weighted by Crippen LogP contribution is 2.24. The number of urea groups is 1. The Morgan fingerprint density at radius 2 is 1.82 bits per heavy atom. The molecule has 0 saturated carbocycles. The fraction of sp³-hybridized carbons (Fsp3) is 0.278. The molecule has 2 aromatic carbocycles. The van der Waals surface area contributed by atoms with Crippen LogP contribution in [-0.2, 0) is 0 Å². The standard InChI is InChI=1S/C18H22N2O2/c1-4-15(14-10-6-5-9-13(14)2)19-18(21)20-16-11-7-8-12-17(16)22-3/h5-12,15H,4H2,1-3H3,(H2,19,20,21)/t15-/m1/s1. The van der Waals surface area contributed by atoms with Crippen molar-refractivity contribution in [1.82, 2.24) is 5.32 Å². The molecule has 0 radical (unpaired) electrons. The SMILES string of the molecule is CC[C@@H](NC(=O)Nc1ccccc1OC)c1ccccc1C. The van der Waals surface area contributed by atoms with Crippen LogP contribution in [0.4, 0.5) is 10.5 Å². The summed E-state index contributed by atoms with van der Waals surface area (Å²) in [4.78, 5) is 12.3. The van der Waals surface area contributed by atoms with Gasteiger partial charge in [-0.15, -0.1) is 0 Å². The number of carbonyl (C=O) groups excluding carboxylic acids is 1. The fourth-order valence-electron chi connectivity index (χ4n) is 2.44. The summed E-state index contributed by atoms with van der Waals surface area (Å²) in [6, 6.07) is 15.2. The first-order chi connectivity index (χ1) is 10.7. The molecule has 2 amide bonds. The van der Waals surface area contributed by atoms with Gasteiger partial charge in [-0.05, 0) is 36.6 Å². The van der Waals surface area contributed by atoms with Crippen molar-refractivity contribution in [2.75, 3.05) is 12.4 Å². The Balaban J connectivity index is 2.08. The van der Waals surface area contributed by atoms with Crippen LogP contribution in [0, 0.1) is 6.92 Å². The second-order valence-electron chi connectivity index (χ2n) is 5.12. The summed E-state index contributed by atoms with van der Waals surface area (Å²) in [5.74, 6) is 0.640. The molecule has 4 nitrogen and oxygen atoms in total. The Labute approximate surface area is 131 Å². The summed E-state index contributed by atoms with van der Waals surface area (Å²) in [7, 11) is 1.58. The summed E-state index contributed by atoms with van der Waals surface area (Å²) in [6.07, 6.45) is 0.824. The Hall–Kier alpha value is -2.49. The maximum Gasteiger partial charge on any atom is 0.319 e. The van der Waals surface area contributed by atoms with Crippen LogP contribution in [0.5, 0.6) is 5.75 Å². The zero-order chi connectivity index (χ0) is 15.9. The zero-order valence-corrected chi connectivity index (χ0v) is 13.2. The van der Waals surface area contributed by atoms with Crippen LogP contribution in [-0.4, -0.2) is 13.1 Å². The van der Waals surface area contributed by atoms with Gasteiger partial charge in [0.2, 0.25) is 0 Å². The highest BCUT2D eigenvalue weighted by Gasteiger charge is 2.15. The fourth-order valence-corrected chi connectivity index (χ4v) is 2.44. The van der Waals surface area contributed by atoms with Crippen molar-refractivity contribution in [3.8, 4) is 5.75 Å². The lowest BCUT2D eigenvalue weighted by Gasteiger charge is -2.20. The van der Waals surface area contributed by atoms with Crippen LogP contribution >= 0.6 is 0 Å². The van der Waals surface area contributed by atoms with Gasteiger partial charge in [-0.2, -0.15) is 0 Å². The minimum atomic E-state index is -0.236. The maximum atomic E-state index is 12.3. The third-order valence-electron chi connectivity index (χ3n) is 3.63. The molecule has 0 fully saturated rings. The normalized spacial score (nSPS) is 11.6. The molecule has 0 aliphatic rings. The monoisotopic (exact) mass is 298 g/mol. The highest BCUT2D eigenvalue weighted by molar-refractivity contribution is 5.91. The number of hydrogen-bond acceptors (Lipinski definition) is 2. The van der Waals surface area contributed by atoms with Crippen LogP contribution in [0.1, 0.15) is 30.5 Å². The van der Waals surface area contributed by atoms with Crippen molar-refractivity contribution in [1.29, 1.82) is 0 Å². The molecule has 2 aromatic rings. The maximum absolute atomic E-state index is 12.3. The summed E-state index contributed by atoms with van der Waals surface area (Å²) in [6.45, 7) is 4.11. The van der Waals surface area contributed by atoms with E-state index in [1.54, 1.807) is 7.11 Å². The highest BCUT2D eigenvalue weighted by atomic mass is 16.5. The lowest BCUT2D eigenvalue weighted by molar-refractivity contribution is 0.248. The first-order valence-corrected chi connectivity index (χ1v) is 7.41. The average Bonchev–Trinajstić information content (AvgIpc) is 2.54. The first kappa shape index (κ1) is 15.9. The number of benzene rings is 2. The van der Waals surface area contributed by atoms with Gasteiger partial charge >= 0.3 is 6.03 Å². The third kappa shape index (κ3) is 3.79. The van der Waals surface area contributed by atoms with Crippen LogP contribution in [0.25, 0.3) is 0 Å². The third-order valence-corrected chi connectivity index (χ3v) is 3.63. The lowest BCUT2D eigenvalue weighted by atomic mass is 9.99. The van der Waals surface area contributed by atoms with Crippen LogP contribution in [0.2, 0.25) is 0 Å². The number of anilines is 1. The van der Waals surface area contributed by atoms with Gasteiger partial charge in [0.25, 0.3) is 0 Å². The molecule has 22 heavy (non-hydrogen) atoms. The van der Waals surface area contributed by atoms with E-state index in [0.717, 1.165) is 12.0 Å². The summed E-state index contributed by atoms with van der Waals surface area (Å²) < 4.78 is 5.24. The molecule has 0 saturated heterocycles. The minimum absolute atomic E-state index is 0.0177. The topological polar surface area (TPSA) is 50.4 Å². The van der Waals surface area contributed by atoms with E-state index in [9.17, 15) is 4.79 Å². The first-order valence-electron chi connectivity index (χ1n) is 7.41. The van der Waals surface area contributed by atoms with E-state index in [0.29, 0.717) is 11.4 Å². The van der Waals surface area contributed by atoms with Crippen LogP contribution in [0.3, 0.4) is 0 Å². The van der Waals surface area contributed by atoms with Crippen molar-refractivity contribution < 1.29 is 9.53 Å². The number of para-hydroxylation sites is 2. The quantitative estimate of drug-likeness (QED) is 0.865. The van der Waals surface area contributed by atoms with E-state index in [-0.39, 0.29) is 12.1 Å². The second kappa shape index (κ2) is 7.50. The summed E-state index contributed by atoms with van der Waals surface area (Å²) in [5, 5.41) is 5.86. The molecule has 0 heterocycles. The zero-order valence-electron chi connectivity index (χ0n) is 13.2. The van der Waals surface area contributed by atoms with Gasteiger partial charge < -0.3 is 15.4 Å². The largest absolute Gasteiger partial charge is 0.495 e. The van der Waals surface area contributed by atoms with Crippen molar-refractivity contribution in [2.24, 2.45) is 0 Å². The Morgan fingerprint density at radius 1 is 1.14 bits per heavy atom. The molecule has 0 aliphatic carbocycles. The molecule has 116 valence electrons. The predicted molar refractivity (Wildman–Crippen MR) is 89.4 cm³/mol. The number of amides is 2. The minimum Gasteiger partial charge on any atom is -0.495 e. The van der Waals surface area contributed by atoms with Gasteiger partial charge in [0.1, 0.15) is 5.75 Å². The second-order valence-corrected chi connectivity index (χ2v) is 5.12. The lowest BCUT2D eigenvalue weighted by Crippen LogP contribution is -2.32. The molecule has 0 bridgehead atoms. The number of aryl methyl sites for hydroxylation is 1. The number of carbonyl (C=O) groups is 1. The average molecular weight is 298 g/mol. The van der Waals surface area contributed by atoms with Crippen molar-refractivity contribution in [3.05, 3.63) is 59.7 Å². The van der Waals surface area contributed by atoms with Gasteiger partial charge in [-0.25, -0.2) is 4.79 Å². The Kier molecular flexibility index (Phi) is 5.42. The molecule has 0 spiro atoms. The van der Waals surface area contributed by atoms with Gasteiger partial charge in [0, 0.05) is 0 Å². The molecule has 4 heteroatoms. The molecular weight excluding hydrogens is 276 g/mol. The van der Waals surface area contributed by atoms with Crippen molar-refractivity contribution >= 4 is 11.7 Å². The van der Waals surface area contributed by atoms with Gasteiger partial charge in [-0.1, -0.05) is 43.3 Å². The smallest absolute Gasteiger partial charge is 0.319 e. The number of rotatable bonds is 5. The molecule has 1 atom stereocenters.